The van der Waals surface area contributed by atoms with E-state index >= 15 is 0 Å². The lowest BCUT2D eigenvalue weighted by atomic mass is 10.1. The van der Waals surface area contributed by atoms with Gasteiger partial charge in [-0.05, 0) is 29.7 Å². The van der Waals surface area contributed by atoms with E-state index in [1.807, 2.05) is 6.07 Å². The van der Waals surface area contributed by atoms with E-state index in [1.165, 1.54) is 19.4 Å². The third-order valence-corrected chi connectivity index (χ3v) is 5.16. The number of ether oxygens (including phenoxy) is 2. The van der Waals surface area contributed by atoms with Crippen molar-refractivity contribution in [1.82, 2.24) is 29.9 Å². The summed E-state index contributed by atoms with van der Waals surface area (Å²) in [5, 5.41) is 12.5. The van der Waals surface area contributed by atoms with Crippen molar-refractivity contribution in [1.29, 1.82) is 5.26 Å². The fourth-order valence-corrected chi connectivity index (χ4v) is 3.24. The van der Waals surface area contributed by atoms with Gasteiger partial charge < -0.3 is 14.8 Å². The van der Waals surface area contributed by atoms with Crippen molar-refractivity contribution >= 4 is 5.95 Å². The molecule has 4 aromatic rings. The van der Waals surface area contributed by atoms with Gasteiger partial charge in [0.05, 0.1) is 18.2 Å². The molecule has 0 aliphatic rings. The number of nitrogens with zero attached hydrogens (tertiary/aromatic N) is 6. The molecule has 0 spiro atoms. The Kier molecular flexibility index (Phi) is 7.76. The van der Waals surface area contributed by atoms with Gasteiger partial charge in [-0.2, -0.15) is 18.4 Å². The number of benzene rings is 1. The molecular formula is C24H19F3N8O3. The Morgan fingerprint density at radius 1 is 1.00 bits per heavy atom. The standard InChI is InChI=1S/C24H19F3N8O3/c1-37-22-31-9-15(10-32-22)7-17-11-30-21(35-20(17)36)29-5-4-14-2-3-19(16(6-14)8-28)38-23-33-12-18(13-34-23)24(25,26)27/h2-3,6,9-13H,4-5,7H2,1H3,(H2,29,30,35,36). The lowest BCUT2D eigenvalue weighted by Crippen LogP contribution is -2.18. The number of alkyl halides is 3. The van der Waals surface area contributed by atoms with Gasteiger partial charge in [0.15, 0.2) is 0 Å². The van der Waals surface area contributed by atoms with Crippen molar-refractivity contribution in [3.8, 4) is 23.8 Å². The van der Waals surface area contributed by atoms with Crippen LogP contribution in [0.2, 0.25) is 0 Å². The number of halogens is 3. The third kappa shape index (κ3) is 6.58. The molecule has 11 nitrogen and oxygen atoms in total. The van der Waals surface area contributed by atoms with Crippen LogP contribution in [0.3, 0.4) is 0 Å². The number of hydrogen-bond acceptors (Lipinski definition) is 10. The van der Waals surface area contributed by atoms with Crippen LogP contribution in [-0.4, -0.2) is 43.6 Å². The van der Waals surface area contributed by atoms with Crippen molar-refractivity contribution in [2.45, 2.75) is 19.0 Å². The van der Waals surface area contributed by atoms with E-state index in [0.29, 0.717) is 37.3 Å². The molecule has 1 aromatic carbocycles. The monoisotopic (exact) mass is 524 g/mol. The normalized spacial score (nSPS) is 11.0. The quantitative estimate of drug-likeness (QED) is 0.334. The molecule has 38 heavy (non-hydrogen) atoms. The number of nitrogens with one attached hydrogen (secondary N) is 2. The largest absolute Gasteiger partial charge is 0.467 e. The summed E-state index contributed by atoms with van der Waals surface area (Å²) in [5.74, 6) is 0.387. The maximum absolute atomic E-state index is 12.7. The minimum absolute atomic E-state index is 0.104. The van der Waals surface area contributed by atoms with Gasteiger partial charge in [-0.25, -0.2) is 24.9 Å². The second kappa shape index (κ2) is 11.3. The lowest BCUT2D eigenvalue weighted by Gasteiger charge is -2.10. The van der Waals surface area contributed by atoms with Crippen molar-refractivity contribution in [2.75, 3.05) is 19.0 Å². The first-order valence-corrected chi connectivity index (χ1v) is 11.0. The Hall–Kier alpha value is -5.06. The summed E-state index contributed by atoms with van der Waals surface area (Å²) in [6, 6.07) is 6.68. The van der Waals surface area contributed by atoms with E-state index in [2.05, 4.69) is 35.2 Å². The second-order valence-corrected chi connectivity index (χ2v) is 7.81. The van der Waals surface area contributed by atoms with Crippen LogP contribution in [0.15, 0.2) is 54.0 Å². The highest BCUT2D eigenvalue weighted by Gasteiger charge is 2.31. The van der Waals surface area contributed by atoms with Gasteiger partial charge >= 0.3 is 18.2 Å². The molecule has 4 rings (SSSR count). The van der Waals surface area contributed by atoms with Crippen LogP contribution < -0.4 is 20.3 Å². The van der Waals surface area contributed by atoms with Gasteiger partial charge in [0.25, 0.3) is 5.56 Å². The van der Waals surface area contributed by atoms with E-state index in [0.717, 1.165) is 11.1 Å². The summed E-state index contributed by atoms with van der Waals surface area (Å²) >= 11 is 0. The lowest BCUT2D eigenvalue weighted by molar-refractivity contribution is -0.138. The summed E-state index contributed by atoms with van der Waals surface area (Å²) in [7, 11) is 1.46. The van der Waals surface area contributed by atoms with Crippen molar-refractivity contribution in [3.63, 3.8) is 0 Å². The molecule has 0 aliphatic heterocycles. The van der Waals surface area contributed by atoms with Crippen LogP contribution in [0, 0.1) is 11.3 Å². The third-order valence-electron chi connectivity index (χ3n) is 5.16. The number of H-pyrrole nitrogens is 1. The molecule has 0 saturated heterocycles. The van der Waals surface area contributed by atoms with Crippen LogP contribution in [0.4, 0.5) is 19.1 Å². The van der Waals surface area contributed by atoms with Gasteiger partial charge in [-0.15, -0.1) is 0 Å². The Morgan fingerprint density at radius 2 is 1.71 bits per heavy atom. The zero-order valence-electron chi connectivity index (χ0n) is 19.8. The number of aromatic nitrogens is 6. The minimum Gasteiger partial charge on any atom is -0.467 e. The first kappa shape index (κ1) is 26.0. The summed E-state index contributed by atoms with van der Waals surface area (Å²) < 4.78 is 48.3. The number of rotatable bonds is 9. The molecule has 0 bridgehead atoms. The number of nitriles is 1. The number of methoxy groups -OCH3 is 1. The highest BCUT2D eigenvalue weighted by atomic mass is 19.4. The van der Waals surface area contributed by atoms with Gasteiger partial charge in [-0.3, -0.25) is 9.78 Å². The van der Waals surface area contributed by atoms with E-state index < -0.39 is 11.7 Å². The Bertz CT molecular complexity index is 1500. The molecule has 0 atom stereocenters. The average Bonchev–Trinajstić information content (AvgIpc) is 2.91. The van der Waals surface area contributed by atoms with Gasteiger partial charge in [0.1, 0.15) is 11.8 Å². The van der Waals surface area contributed by atoms with Crippen molar-refractivity contribution < 1.29 is 22.6 Å². The van der Waals surface area contributed by atoms with Crippen molar-refractivity contribution in [3.05, 3.63) is 87.4 Å². The fraction of sp³-hybridized carbons (Fsp3) is 0.208. The van der Waals surface area contributed by atoms with E-state index in [-0.39, 0.29) is 34.8 Å². The SMILES string of the molecule is COc1ncc(Cc2cnc(NCCc3ccc(Oc4ncc(C(F)(F)F)cn4)c(C#N)c3)[nH]c2=O)cn1. The van der Waals surface area contributed by atoms with Crippen LogP contribution in [0.5, 0.6) is 17.8 Å². The molecule has 3 aromatic heterocycles. The molecule has 0 saturated carbocycles. The molecular weight excluding hydrogens is 505 g/mol. The summed E-state index contributed by atoms with van der Waals surface area (Å²) in [6.45, 7) is 0.391. The molecule has 0 unspecified atom stereocenters. The van der Waals surface area contributed by atoms with E-state index in [4.69, 9.17) is 9.47 Å². The predicted molar refractivity (Wildman–Crippen MR) is 127 cm³/mol. The van der Waals surface area contributed by atoms with Gasteiger partial charge in [0.2, 0.25) is 5.95 Å². The van der Waals surface area contributed by atoms with Crippen molar-refractivity contribution in [2.24, 2.45) is 0 Å². The predicted octanol–water partition coefficient (Wildman–Crippen LogP) is 3.29. The average molecular weight is 524 g/mol. The first-order chi connectivity index (χ1) is 18.2. The molecule has 0 aliphatic carbocycles. The number of anilines is 1. The maximum Gasteiger partial charge on any atom is 0.419 e. The van der Waals surface area contributed by atoms with E-state index in [9.17, 15) is 23.2 Å². The smallest absolute Gasteiger partial charge is 0.419 e. The second-order valence-electron chi connectivity index (χ2n) is 7.81. The van der Waals surface area contributed by atoms with Crippen LogP contribution in [0.25, 0.3) is 0 Å². The molecule has 0 radical (unpaired) electrons. The fourth-order valence-electron chi connectivity index (χ4n) is 3.24. The van der Waals surface area contributed by atoms with Crippen LogP contribution >= 0.6 is 0 Å². The molecule has 3 heterocycles. The Labute approximate surface area is 213 Å². The molecule has 0 fully saturated rings. The zero-order valence-corrected chi connectivity index (χ0v) is 19.8. The molecule has 2 N–H and O–H groups in total. The molecule has 194 valence electrons. The zero-order chi connectivity index (χ0) is 27.1. The maximum atomic E-state index is 12.7. The summed E-state index contributed by atoms with van der Waals surface area (Å²) in [4.78, 5) is 34.4. The molecule has 14 heteroatoms. The first-order valence-electron chi connectivity index (χ1n) is 11.0. The van der Waals surface area contributed by atoms with Crippen LogP contribution in [-0.2, 0) is 19.0 Å². The summed E-state index contributed by atoms with van der Waals surface area (Å²) in [5.41, 5.74) is 0.778. The number of hydrogen-bond donors (Lipinski definition) is 2. The minimum atomic E-state index is -4.57. The summed E-state index contributed by atoms with van der Waals surface area (Å²) in [6.07, 6.45) is 2.02. The number of aromatic amines is 1. The highest BCUT2D eigenvalue weighted by Crippen LogP contribution is 2.29. The topological polar surface area (TPSA) is 152 Å². The van der Waals surface area contributed by atoms with Gasteiger partial charge in [-0.1, -0.05) is 6.07 Å². The van der Waals surface area contributed by atoms with E-state index in [1.54, 1.807) is 24.5 Å². The van der Waals surface area contributed by atoms with Gasteiger partial charge in [0, 0.05) is 49.5 Å². The van der Waals surface area contributed by atoms with Crippen LogP contribution in [0.1, 0.15) is 27.8 Å². The Morgan fingerprint density at radius 3 is 2.34 bits per heavy atom. The highest BCUT2D eigenvalue weighted by molar-refractivity contribution is 5.46. The molecule has 0 amide bonds. The Balaban J connectivity index is 1.34.